The number of aromatic nitrogens is 1. The minimum Gasteiger partial charge on any atom is -0.399 e. The first kappa shape index (κ1) is 24.7. The topological polar surface area (TPSA) is 66.5 Å². The van der Waals surface area contributed by atoms with Gasteiger partial charge in [-0.25, -0.2) is 0 Å². The van der Waals surface area contributed by atoms with Crippen molar-refractivity contribution in [3.05, 3.63) is 89.6 Å². The lowest BCUT2D eigenvalue weighted by atomic mass is 10.1. The summed E-state index contributed by atoms with van der Waals surface area (Å²) in [4.78, 5) is 18.0. The molecule has 0 saturated carbocycles. The van der Waals surface area contributed by atoms with Crippen molar-refractivity contribution in [3.8, 4) is 0 Å². The maximum Gasteiger partial charge on any atom is 0.416 e. The highest BCUT2D eigenvalue weighted by Gasteiger charge is 2.30. The third-order valence-electron chi connectivity index (χ3n) is 6.77. The van der Waals surface area contributed by atoms with E-state index in [0.29, 0.717) is 22.6 Å². The van der Waals surface area contributed by atoms with E-state index in [1.807, 2.05) is 30.3 Å². The number of piperazine rings is 1. The van der Waals surface area contributed by atoms with Crippen LogP contribution in [-0.2, 0) is 12.7 Å². The van der Waals surface area contributed by atoms with Crippen molar-refractivity contribution >= 4 is 33.9 Å². The van der Waals surface area contributed by atoms with Crippen molar-refractivity contribution in [2.45, 2.75) is 12.7 Å². The Hall–Kier alpha value is -3.98. The van der Waals surface area contributed by atoms with Gasteiger partial charge in [0.15, 0.2) is 0 Å². The Kier molecular flexibility index (Phi) is 6.55. The summed E-state index contributed by atoms with van der Waals surface area (Å²) in [6.07, 6.45) is -4.40. The van der Waals surface area contributed by atoms with Gasteiger partial charge in [-0.15, -0.1) is 0 Å². The van der Waals surface area contributed by atoms with Crippen LogP contribution in [0.5, 0.6) is 0 Å². The molecule has 1 fully saturated rings. The van der Waals surface area contributed by atoms with Gasteiger partial charge < -0.3 is 25.4 Å². The smallest absolute Gasteiger partial charge is 0.399 e. The first-order chi connectivity index (χ1) is 17.7. The second-order valence-electron chi connectivity index (χ2n) is 9.42. The number of benzene rings is 3. The molecule has 0 unspecified atom stereocenters. The number of carbonyl (C=O) groups excluding carboxylic acids is 1. The second-order valence-corrected chi connectivity index (χ2v) is 9.42. The fraction of sp³-hybridized carbons (Fsp3) is 0.250. The molecule has 0 spiro atoms. The zero-order chi connectivity index (χ0) is 26.2. The predicted molar refractivity (Wildman–Crippen MR) is 141 cm³/mol. The number of hydrogen-bond donors (Lipinski definition) is 2. The average molecular weight is 508 g/mol. The molecule has 4 aromatic rings. The van der Waals surface area contributed by atoms with Gasteiger partial charge in [-0.1, -0.05) is 12.1 Å². The summed E-state index contributed by atoms with van der Waals surface area (Å²) in [5.41, 5.74) is 9.38. The van der Waals surface area contributed by atoms with Crippen LogP contribution < -0.4 is 16.0 Å². The summed E-state index contributed by atoms with van der Waals surface area (Å²) >= 11 is 0. The van der Waals surface area contributed by atoms with Crippen molar-refractivity contribution in [1.29, 1.82) is 0 Å². The summed E-state index contributed by atoms with van der Waals surface area (Å²) in [6.45, 7) is 4.15. The molecular formula is C28H28F3N5O. The number of nitrogen functional groups attached to an aromatic ring is 1. The fourth-order valence-electron chi connectivity index (χ4n) is 4.64. The molecule has 0 bridgehead atoms. The number of halogens is 3. The summed E-state index contributed by atoms with van der Waals surface area (Å²) in [5, 5.41) is 3.74. The van der Waals surface area contributed by atoms with Crippen LogP contribution in [0.2, 0.25) is 0 Å². The Morgan fingerprint density at radius 2 is 1.59 bits per heavy atom. The van der Waals surface area contributed by atoms with Crippen LogP contribution in [0.15, 0.2) is 72.8 Å². The minimum absolute atomic E-state index is 0.233. The van der Waals surface area contributed by atoms with Crippen LogP contribution in [0.25, 0.3) is 10.9 Å². The number of nitrogens with zero attached hydrogens (tertiary/aromatic N) is 3. The highest BCUT2D eigenvalue weighted by atomic mass is 19.4. The molecule has 37 heavy (non-hydrogen) atoms. The molecule has 1 saturated heterocycles. The number of hydrogen-bond acceptors (Lipinski definition) is 4. The minimum atomic E-state index is -4.40. The molecule has 3 aromatic carbocycles. The van der Waals surface area contributed by atoms with E-state index in [1.165, 1.54) is 12.1 Å². The second kappa shape index (κ2) is 9.82. The van der Waals surface area contributed by atoms with Gasteiger partial charge >= 0.3 is 6.18 Å². The predicted octanol–water partition coefficient (Wildman–Crippen LogP) is 5.29. The summed E-state index contributed by atoms with van der Waals surface area (Å²) in [7, 11) is 2.11. The van der Waals surface area contributed by atoms with Gasteiger partial charge in [0, 0.05) is 60.7 Å². The Bertz CT molecular complexity index is 1400. The number of carbonyl (C=O) groups is 1. The molecule has 1 aliphatic rings. The quantitative estimate of drug-likeness (QED) is 0.360. The molecular weight excluding hydrogens is 479 g/mol. The lowest BCUT2D eigenvalue weighted by Crippen LogP contribution is -2.44. The number of nitrogens with two attached hydrogens (primary N) is 1. The van der Waals surface area contributed by atoms with E-state index in [0.717, 1.165) is 54.9 Å². The van der Waals surface area contributed by atoms with Gasteiger partial charge in [0.1, 0.15) is 5.69 Å². The average Bonchev–Trinajstić information content (AvgIpc) is 3.22. The van der Waals surface area contributed by atoms with Crippen molar-refractivity contribution in [3.63, 3.8) is 0 Å². The van der Waals surface area contributed by atoms with E-state index < -0.39 is 11.7 Å². The number of fused-ring (bicyclic) bond motifs is 1. The molecule has 6 nitrogen and oxygen atoms in total. The highest BCUT2D eigenvalue weighted by molar-refractivity contribution is 6.06. The fourth-order valence-corrected chi connectivity index (χ4v) is 4.64. The monoisotopic (exact) mass is 507 g/mol. The molecule has 0 aliphatic carbocycles. The Morgan fingerprint density at radius 1 is 0.919 bits per heavy atom. The Morgan fingerprint density at radius 3 is 2.24 bits per heavy atom. The summed E-state index contributed by atoms with van der Waals surface area (Å²) < 4.78 is 40.8. The lowest BCUT2D eigenvalue weighted by molar-refractivity contribution is -0.137. The summed E-state index contributed by atoms with van der Waals surface area (Å²) in [5.74, 6) is -0.311. The van der Waals surface area contributed by atoms with Gasteiger partial charge in [-0.3, -0.25) is 4.79 Å². The van der Waals surface area contributed by atoms with Crippen molar-refractivity contribution in [2.24, 2.45) is 0 Å². The van der Waals surface area contributed by atoms with Gasteiger partial charge in [-0.05, 0) is 73.3 Å². The summed E-state index contributed by atoms with van der Waals surface area (Å²) in [6, 6.07) is 19.8. The van der Waals surface area contributed by atoms with Crippen LogP contribution in [0.3, 0.4) is 0 Å². The molecule has 5 rings (SSSR count). The van der Waals surface area contributed by atoms with E-state index in [2.05, 4.69) is 22.2 Å². The van der Waals surface area contributed by atoms with E-state index >= 15 is 0 Å². The maximum atomic E-state index is 13.4. The van der Waals surface area contributed by atoms with Crippen molar-refractivity contribution < 1.29 is 18.0 Å². The number of nitrogens with one attached hydrogen (secondary N) is 1. The standard InChI is InChI=1S/C28H28F3N5O/c1-34-12-14-35(15-13-34)24-9-7-23(8-10-24)33-27(37)26-17-20-16-22(32)6-11-25(20)36(26)18-19-2-4-21(5-3-19)28(29,30)31/h2-11,16-17H,12-15,18,32H2,1H3,(H,33,37). The van der Waals surface area contributed by atoms with Gasteiger partial charge in [0.25, 0.3) is 5.91 Å². The first-order valence-corrected chi connectivity index (χ1v) is 12.1. The SMILES string of the molecule is CN1CCN(c2ccc(NC(=O)c3cc4cc(N)ccc4n3Cc3ccc(C(F)(F)F)cc3)cc2)CC1. The van der Waals surface area contributed by atoms with E-state index in [4.69, 9.17) is 5.73 Å². The maximum absolute atomic E-state index is 13.4. The van der Waals surface area contributed by atoms with Crippen LogP contribution in [0, 0.1) is 0 Å². The molecule has 3 N–H and O–H groups in total. The molecule has 2 heterocycles. The number of anilines is 3. The van der Waals surface area contributed by atoms with Crippen LogP contribution in [0.1, 0.15) is 21.6 Å². The highest BCUT2D eigenvalue weighted by Crippen LogP contribution is 2.30. The molecule has 192 valence electrons. The van der Waals surface area contributed by atoms with Gasteiger partial charge in [-0.2, -0.15) is 13.2 Å². The third kappa shape index (κ3) is 5.41. The van der Waals surface area contributed by atoms with E-state index in [9.17, 15) is 18.0 Å². The molecule has 0 atom stereocenters. The molecule has 1 amide bonds. The number of likely N-dealkylation sites (N-methyl/N-ethyl adjacent to an activating group) is 1. The van der Waals surface area contributed by atoms with E-state index in [1.54, 1.807) is 22.8 Å². The van der Waals surface area contributed by atoms with Crippen LogP contribution >= 0.6 is 0 Å². The van der Waals surface area contributed by atoms with Crippen LogP contribution in [0.4, 0.5) is 30.2 Å². The first-order valence-electron chi connectivity index (χ1n) is 12.1. The Balaban J connectivity index is 1.39. The largest absolute Gasteiger partial charge is 0.416 e. The zero-order valence-electron chi connectivity index (χ0n) is 20.4. The Labute approximate surface area is 213 Å². The molecule has 1 aliphatic heterocycles. The van der Waals surface area contributed by atoms with Crippen molar-refractivity contribution in [2.75, 3.05) is 49.2 Å². The lowest BCUT2D eigenvalue weighted by Gasteiger charge is -2.34. The normalized spacial score (nSPS) is 14.8. The number of amides is 1. The number of rotatable bonds is 5. The molecule has 1 aromatic heterocycles. The molecule has 0 radical (unpaired) electrons. The van der Waals surface area contributed by atoms with E-state index in [-0.39, 0.29) is 12.5 Å². The molecule has 9 heteroatoms. The van der Waals surface area contributed by atoms with Crippen LogP contribution in [-0.4, -0.2) is 48.6 Å². The van der Waals surface area contributed by atoms with Gasteiger partial charge in [0.2, 0.25) is 0 Å². The van der Waals surface area contributed by atoms with Gasteiger partial charge in [0.05, 0.1) is 5.56 Å². The third-order valence-corrected chi connectivity index (χ3v) is 6.77. The number of alkyl halides is 3. The zero-order valence-corrected chi connectivity index (χ0v) is 20.4. The van der Waals surface area contributed by atoms with Crippen molar-refractivity contribution in [1.82, 2.24) is 9.47 Å².